The largest absolute Gasteiger partial charge is 0.348 e. The smallest absolute Gasteiger partial charge is 0.272 e. The summed E-state index contributed by atoms with van der Waals surface area (Å²) in [5.74, 6) is -0.130. The van der Waals surface area contributed by atoms with Crippen molar-refractivity contribution in [2.45, 2.75) is 43.8 Å². The summed E-state index contributed by atoms with van der Waals surface area (Å²) in [6.07, 6.45) is 4.49. The topological polar surface area (TPSA) is 84.8 Å². The highest BCUT2D eigenvalue weighted by atomic mass is 16.2. The summed E-state index contributed by atoms with van der Waals surface area (Å²) in [6, 6.07) is 8.71. The molecule has 118 valence electrons. The van der Waals surface area contributed by atoms with Crippen LogP contribution in [0.1, 0.15) is 41.7 Å². The van der Waals surface area contributed by atoms with E-state index in [0.717, 1.165) is 23.7 Å². The van der Waals surface area contributed by atoms with Gasteiger partial charge in [0.1, 0.15) is 0 Å². The molecule has 2 saturated heterocycles. The van der Waals surface area contributed by atoms with Gasteiger partial charge in [-0.2, -0.15) is 10.4 Å². The predicted molar refractivity (Wildman–Crippen MR) is 85.9 cm³/mol. The lowest BCUT2D eigenvalue weighted by molar-refractivity contribution is 0.0879. The molecule has 1 aromatic heterocycles. The number of nitrogens with one attached hydrogen (secondary N) is 2. The van der Waals surface area contributed by atoms with Crippen LogP contribution in [0.15, 0.2) is 18.2 Å². The molecule has 23 heavy (non-hydrogen) atoms. The molecule has 4 rings (SSSR count). The third kappa shape index (κ3) is 2.37. The summed E-state index contributed by atoms with van der Waals surface area (Å²) < 4.78 is 0. The minimum absolute atomic E-state index is 0.130. The number of amides is 1. The molecule has 0 aliphatic carbocycles. The first-order chi connectivity index (χ1) is 11.2. The Morgan fingerprint density at radius 3 is 2.83 bits per heavy atom. The van der Waals surface area contributed by atoms with Gasteiger partial charge in [0.2, 0.25) is 0 Å². The lowest BCUT2D eigenvalue weighted by Crippen LogP contribution is -2.48. The number of nitriles is 1. The molecule has 3 heterocycles. The van der Waals surface area contributed by atoms with Gasteiger partial charge in [0.25, 0.3) is 5.91 Å². The van der Waals surface area contributed by atoms with E-state index in [-0.39, 0.29) is 11.9 Å². The number of hydrogen-bond acceptors (Lipinski definition) is 4. The number of carbonyl (C=O) groups is 1. The predicted octanol–water partition coefficient (Wildman–Crippen LogP) is 1.79. The van der Waals surface area contributed by atoms with Crippen LogP contribution >= 0.6 is 0 Å². The molecule has 2 unspecified atom stereocenters. The Labute approximate surface area is 134 Å². The number of fused-ring (bicyclic) bond motifs is 3. The molecular formula is C17H19N5O. The fourth-order valence-corrected chi connectivity index (χ4v) is 4.05. The standard InChI is InChI=1S/C17H19N5O/c1-22-12-3-4-13(22)8-11(7-12)19-17(23)16-14-5-2-10(9-18)6-15(14)20-21-16/h2,5-6,11-13H,3-4,7-8H2,1H3,(H,19,23)(H,20,21). The van der Waals surface area contributed by atoms with Crippen LogP contribution in [0.5, 0.6) is 0 Å². The number of hydrogen-bond donors (Lipinski definition) is 2. The van der Waals surface area contributed by atoms with Crippen LogP contribution in [-0.2, 0) is 0 Å². The minimum atomic E-state index is -0.130. The van der Waals surface area contributed by atoms with Gasteiger partial charge in [-0.05, 0) is 50.9 Å². The van der Waals surface area contributed by atoms with E-state index < -0.39 is 0 Å². The van der Waals surface area contributed by atoms with Crippen molar-refractivity contribution in [3.05, 3.63) is 29.5 Å². The summed E-state index contributed by atoms with van der Waals surface area (Å²) in [6.45, 7) is 0. The zero-order chi connectivity index (χ0) is 16.0. The SMILES string of the molecule is CN1C2CCC1CC(NC(=O)c1n[nH]c3cc(C#N)ccc13)C2. The first-order valence-electron chi connectivity index (χ1n) is 8.06. The second kappa shape index (κ2) is 5.36. The molecule has 0 spiro atoms. The van der Waals surface area contributed by atoms with Crippen LogP contribution < -0.4 is 5.32 Å². The number of benzene rings is 1. The molecule has 0 radical (unpaired) electrons. The van der Waals surface area contributed by atoms with Crippen LogP contribution in [0, 0.1) is 11.3 Å². The molecule has 2 bridgehead atoms. The number of aromatic nitrogens is 2. The highest BCUT2D eigenvalue weighted by molar-refractivity contribution is 6.04. The molecular weight excluding hydrogens is 290 g/mol. The maximum absolute atomic E-state index is 12.6. The van der Waals surface area contributed by atoms with Gasteiger partial charge in [-0.15, -0.1) is 0 Å². The van der Waals surface area contributed by atoms with Gasteiger partial charge >= 0.3 is 0 Å². The number of piperidine rings is 1. The Balaban J connectivity index is 1.53. The monoisotopic (exact) mass is 309 g/mol. The summed E-state index contributed by atoms with van der Waals surface area (Å²) in [5, 5.41) is 19.8. The Morgan fingerprint density at radius 1 is 1.39 bits per heavy atom. The number of rotatable bonds is 2. The number of carbonyl (C=O) groups excluding carboxylic acids is 1. The summed E-state index contributed by atoms with van der Waals surface area (Å²) in [5.41, 5.74) is 1.69. The van der Waals surface area contributed by atoms with Crippen molar-refractivity contribution in [2.24, 2.45) is 0 Å². The van der Waals surface area contributed by atoms with Crippen molar-refractivity contribution in [1.29, 1.82) is 5.26 Å². The molecule has 1 aromatic carbocycles. The van der Waals surface area contributed by atoms with Gasteiger partial charge in [0, 0.05) is 23.5 Å². The van der Waals surface area contributed by atoms with E-state index >= 15 is 0 Å². The first-order valence-corrected chi connectivity index (χ1v) is 8.06. The van der Waals surface area contributed by atoms with E-state index in [0.29, 0.717) is 23.3 Å². The van der Waals surface area contributed by atoms with Crippen molar-refractivity contribution >= 4 is 16.8 Å². The number of aromatic amines is 1. The minimum Gasteiger partial charge on any atom is -0.348 e. The van der Waals surface area contributed by atoms with Crippen molar-refractivity contribution in [1.82, 2.24) is 20.4 Å². The molecule has 2 N–H and O–H groups in total. The molecule has 2 atom stereocenters. The first kappa shape index (κ1) is 14.2. The van der Waals surface area contributed by atoms with Gasteiger partial charge in [-0.25, -0.2) is 0 Å². The second-order valence-corrected chi connectivity index (χ2v) is 6.64. The van der Waals surface area contributed by atoms with E-state index in [1.54, 1.807) is 18.2 Å². The van der Waals surface area contributed by atoms with Crippen molar-refractivity contribution in [2.75, 3.05) is 7.05 Å². The Bertz CT molecular complexity index is 791. The average molecular weight is 309 g/mol. The zero-order valence-corrected chi connectivity index (χ0v) is 13.0. The maximum atomic E-state index is 12.6. The van der Waals surface area contributed by atoms with Gasteiger partial charge in [0.05, 0.1) is 17.1 Å². The third-order valence-electron chi connectivity index (χ3n) is 5.34. The van der Waals surface area contributed by atoms with Gasteiger partial charge in [-0.3, -0.25) is 9.89 Å². The van der Waals surface area contributed by atoms with E-state index in [9.17, 15) is 4.79 Å². The molecule has 1 amide bonds. The van der Waals surface area contributed by atoms with E-state index in [2.05, 4.69) is 33.5 Å². The maximum Gasteiger partial charge on any atom is 0.272 e. The molecule has 6 heteroatoms. The molecule has 0 saturated carbocycles. The molecule has 2 fully saturated rings. The number of nitrogens with zero attached hydrogens (tertiary/aromatic N) is 3. The second-order valence-electron chi connectivity index (χ2n) is 6.64. The third-order valence-corrected chi connectivity index (χ3v) is 5.34. The molecule has 2 aromatic rings. The normalized spacial score (nSPS) is 27.0. The summed E-state index contributed by atoms with van der Waals surface area (Å²) >= 11 is 0. The van der Waals surface area contributed by atoms with Gasteiger partial charge in [-0.1, -0.05) is 0 Å². The quantitative estimate of drug-likeness (QED) is 0.885. The van der Waals surface area contributed by atoms with Crippen LogP contribution in [0.3, 0.4) is 0 Å². The highest BCUT2D eigenvalue weighted by Crippen LogP contribution is 2.34. The van der Waals surface area contributed by atoms with Crippen molar-refractivity contribution in [3.8, 4) is 6.07 Å². The van der Waals surface area contributed by atoms with Crippen molar-refractivity contribution < 1.29 is 4.79 Å². The molecule has 2 aliphatic heterocycles. The Kier molecular flexibility index (Phi) is 3.31. The lowest BCUT2D eigenvalue weighted by atomic mass is 9.98. The van der Waals surface area contributed by atoms with Gasteiger partial charge in [0.15, 0.2) is 5.69 Å². The zero-order valence-electron chi connectivity index (χ0n) is 13.0. The van der Waals surface area contributed by atoms with Gasteiger partial charge < -0.3 is 10.2 Å². The highest BCUT2D eigenvalue weighted by Gasteiger charge is 2.39. The summed E-state index contributed by atoms with van der Waals surface area (Å²) in [4.78, 5) is 15.0. The van der Waals surface area contributed by atoms with E-state index in [1.807, 2.05) is 0 Å². The lowest BCUT2D eigenvalue weighted by Gasteiger charge is -2.36. The van der Waals surface area contributed by atoms with E-state index in [1.165, 1.54) is 12.8 Å². The fourth-order valence-electron chi connectivity index (χ4n) is 4.05. The van der Waals surface area contributed by atoms with Crippen LogP contribution in [0.25, 0.3) is 10.9 Å². The molecule has 2 aliphatic rings. The average Bonchev–Trinajstić information content (AvgIpc) is 3.04. The van der Waals surface area contributed by atoms with Crippen LogP contribution in [0.4, 0.5) is 0 Å². The van der Waals surface area contributed by atoms with E-state index in [4.69, 9.17) is 5.26 Å². The summed E-state index contributed by atoms with van der Waals surface area (Å²) in [7, 11) is 2.19. The van der Waals surface area contributed by atoms with Crippen LogP contribution in [-0.4, -0.2) is 46.2 Å². The number of H-pyrrole nitrogens is 1. The fraction of sp³-hybridized carbons (Fsp3) is 0.471. The molecule has 6 nitrogen and oxygen atoms in total. The van der Waals surface area contributed by atoms with Crippen LogP contribution in [0.2, 0.25) is 0 Å². The van der Waals surface area contributed by atoms with Crippen molar-refractivity contribution in [3.63, 3.8) is 0 Å². The Hall–Kier alpha value is -2.39. The Morgan fingerprint density at radius 2 is 2.13 bits per heavy atom.